The summed E-state index contributed by atoms with van der Waals surface area (Å²) >= 11 is 0. The maximum atomic E-state index is 12.3. The summed E-state index contributed by atoms with van der Waals surface area (Å²) in [5, 5.41) is 13.2. The van der Waals surface area contributed by atoms with Gasteiger partial charge >= 0.3 is 0 Å². The number of aryl methyl sites for hydroxylation is 2. The number of nitrogens with one attached hydrogen (secondary N) is 2. The van der Waals surface area contributed by atoms with Gasteiger partial charge in [-0.05, 0) is 56.4 Å². The average Bonchev–Trinajstić information content (AvgIpc) is 2.79. The lowest BCUT2D eigenvalue weighted by molar-refractivity contribution is 0.0943. The van der Waals surface area contributed by atoms with E-state index in [1.807, 2.05) is 25.1 Å². The number of aliphatic hydroxyl groups is 1. The van der Waals surface area contributed by atoms with Crippen LogP contribution in [0.1, 0.15) is 47.8 Å². The topological polar surface area (TPSA) is 65.1 Å². The molecule has 1 atom stereocenters. The second-order valence-electron chi connectivity index (χ2n) is 6.01. The van der Waals surface area contributed by atoms with Crippen LogP contribution in [-0.2, 0) is 0 Å². The number of benzene rings is 1. The molecule has 2 aromatic rings. The van der Waals surface area contributed by atoms with Crippen molar-refractivity contribution in [2.75, 3.05) is 13.2 Å². The molecular weight excluding hydrogens is 276 g/mol. The van der Waals surface area contributed by atoms with Crippen LogP contribution in [-0.4, -0.2) is 29.1 Å². The molecule has 0 radical (unpaired) electrons. The Balaban J connectivity index is 2.07. The summed E-state index contributed by atoms with van der Waals surface area (Å²) < 4.78 is 0. The van der Waals surface area contributed by atoms with Crippen molar-refractivity contribution in [3.05, 3.63) is 35.0 Å². The van der Waals surface area contributed by atoms with Gasteiger partial charge in [0.2, 0.25) is 0 Å². The second kappa shape index (κ2) is 7.45. The molecular formula is C18H26N2O2. The van der Waals surface area contributed by atoms with Crippen molar-refractivity contribution >= 4 is 16.8 Å². The Bertz CT molecular complexity index is 640. The minimum atomic E-state index is -0.0424. The van der Waals surface area contributed by atoms with Gasteiger partial charge in [-0.1, -0.05) is 13.3 Å². The SMILES string of the molecule is CCCC(CCO)CNC(=O)c1ccc2[nH]c(C)c(C)c2c1. The van der Waals surface area contributed by atoms with Crippen LogP contribution < -0.4 is 5.32 Å². The smallest absolute Gasteiger partial charge is 0.251 e. The molecule has 0 spiro atoms. The zero-order chi connectivity index (χ0) is 16.1. The summed E-state index contributed by atoms with van der Waals surface area (Å²) in [6.45, 7) is 7.02. The van der Waals surface area contributed by atoms with Gasteiger partial charge in [0, 0.05) is 35.3 Å². The molecule has 0 aliphatic carbocycles. The van der Waals surface area contributed by atoms with Gasteiger partial charge in [0.05, 0.1) is 0 Å². The van der Waals surface area contributed by atoms with E-state index in [4.69, 9.17) is 5.11 Å². The predicted octanol–water partition coefficient (Wildman–Crippen LogP) is 3.31. The number of carbonyl (C=O) groups is 1. The number of fused-ring (bicyclic) bond motifs is 1. The van der Waals surface area contributed by atoms with Crippen LogP contribution in [0.3, 0.4) is 0 Å². The van der Waals surface area contributed by atoms with E-state index >= 15 is 0 Å². The van der Waals surface area contributed by atoms with Crippen molar-refractivity contribution in [2.45, 2.75) is 40.0 Å². The predicted molar refractivity (Wildman–Crippen MR) is 90.2 cm³/mol. The normalized spacial score (nSPS) is 12.5. The molecule has 4 nitrogen and oxygen atoms in total. The van der Waals surface area contributed by atoms with Crippen LogP contribution >= 0.6 is 0 Å². The Labute approximate surface area is 131 Å². The van der Waals surface area contributed by atoms with Crippen molar-refractivity contribution in [3.63, 3.8) is 0 Å². The fourth-order valence-electron chi connectivity index (χ4n) is 2.88. The first kappa shape index (κ1) is 16.6. The molecule has 0 bridgehead atoms. The highest BCUT2D eigenvalue weighted by atomic mass is 16.3. The first-order chi connectivity index (χ1) is 10.6. The van der Waals surface area contributed by atoms with Crippen molar-refractivity contribution in [1.29, 1.82) is 0 Å². The molecule has 4 heteroatoms. The number of carbonyl (C=O) groups excluding carboxylic acids is 1. The Morgan fingerprint density at radius 1 is 1.32 bits per heavy atom. The van der Waals surface area contributed by atoms with E-state index in [0.29, 0.717) is 18.0 Å². The maximum Gasteiger partial charge on any atom is 0.251 e. The molecule has 0 aliphatic heterocycles. The summed E-state index contributed by atoms with van der Waals surface area (Å²) in [6, 6.07) is 5.76. The molecule has 0 saturated heterocycles. The molecule has 22 heavy (non-hydrogen) atoms. The van der Waals surface area contributed by atoms with Crippen molar-refractivity contribution in [3.8, 4) is 0 Å². The fraction of sp³-hybridized carbons (Fsp3) is 0.500. The van der Waals surface area contributed by atoms with Crippen LogP contribution in [0.25, 0.3) is 10.9 Å². The summed E-state index contributed by atoms with van der Waals surface area (Å²) in [5.74, 6) is 0.304. The minimum absolute atomic E-state index is 0.0424. The molecule has 1 aromatic heterocycles. The third-order valence-electron chi connectivity index (χ3n) is 4.36. The lowest BCUT2D eigenvalue weighted by Gasteiger charge is -2.15. The largest absolute Gasteiger partial charge is 0.396 e. The summed E-state index contributed by atoms with van der Waals surface area (Å²) in [7, 11) is 0. The highest BCUT2D eigenvalue weighted by Gasteiger charge is 2.12. The molecule has 0 aliphatic rings. The maximum absolute atomic E-state index is 12.3. The second-order valence-corrected chi connectivity index (χ2v) is 6.01. The van der Waals surface area contributed by atoms with Gasteiger partial charge in [-0.3, -0.25) is 4.79 Å². The van der Waals surface area contributed by atoms with Crippen molar-refractivity contribution < 1.29 is 9.90 Å². The van der Waals surface area contributed by atoms with Crippen molar-refractivity contribution in [1.82, 2.24) is 10.3 Å². The average molecular weight is 302 g/mol. The van der Waals surface area contributed by atoms with E-state index < -0.39 is 0 Å². The van der Waals surface area contributed by atoms with Crippen molar-refractivity contribution in [2.24, 2.45) is 5.92 Å². The van der Waals surface area contributed by atoms with Gasteiger partial charge in [-0.25, -0.2) is 0 Å². The first-order valence-corrected chi connectivity index (χ1v) is 8.04. The molecule has 2 rings (SSSR count). The highest BCUT2D eigenvalue weighted by molar-refractivity contribution is 5.99. The van der Waals surface area contributed by atoms with E-state index in [0.717, 1.165) is 35.9 Å². The fourth-order valence-corrected chi connectivity index (χ4v) is 2.88. The van der Waals surface area contributed by atoms with Gasteiger partial charge in [0.15, 0.2) is 0 Å². The van der Waals surface area contributed by atoms with E-state index in [-0.39, 0.29) is 12.5 Å². The number of aromatic nitrogens is 1. The number of amides is 1. The van der Waals surface area contributed by atoms with Crippen LogP contribution in [0.2, 0.25) is 0 Å². The monoisotopic (exact) mass is 302 g/mol. The number of aromatic amines is 1. The summed E-state index contributed by atoms with van der Waals surface area (Å²) in [6.07, 6.45) is 2.83. The van der Waals surface area contributed by atoms with Gasteiger partial charge in [-0.2, -0.15) is 0 Å². The molecule has 1 heterocycles. The zero-order valence-corrected chi connectivity index (χ0v) is 13.7. The quantitative estimate of drug-likeness (QED) is 0.734. The Morgan fingerprint density at radius 2 is 2.09 bits per heavy atom. The summed E-state index contributed by atoms with van der Waals surface area (Å²) in [5.41, 5.74) is 4.08. The van der Waals surface area contributed by atoms with E-state index in [1.54, 1.807) is 0 Å². The Hall–Kier alpha value is -1.81. The number of aliphatic hydroxyl groups excluding tert-OH is 1. The number of hydrogen-bond donors (Lipinski definition) is 3. The van der Waals surface area contributed by atoms with Crippen LogP contribution in [0, 0.1) is 19.8 Å². The molecule has 1 amide bonds. The molecule has 3 N–H and O–H groups in total. The zero-order valence-electron chi connectivity index (χ0n) is 13.7. The third-order valence-corrected chi connectivity index (χ3v) is 4.36. The standard InChI is InChI=1S/C18H26N2O2/c1-4-5-14(8-9-21)11-19-18(22)15-6-7-17-16(10-15)12(2)13(3)20-17/h6-7,10,14,20-21H,4-5,8-9,11H2,1-3H3,(H,19,22). The molecule has 120 valence electrons. The van der Waals surface area contributed by atoms with E-state index in [9.17, 15) is 4.79 Å². The number of H-pyrrole nitrogens is 1. The Kier molecular flexibility index (Phi) is 5.61. The molecule has 0 saturated carbocycles. The molecule has 1 unspecified atom stereocenters. The number of hydrogen-bond acceptors (Lipinski definition) is 2. The third kappa shape index (κ3) is 3.69. The lowest BCUT2D eigenvalue weighted by atomic mass is 10.00. The number of rotatable bonds is 7. The van der Waals surface area contributed by atoms with Crippen LogP contribution in [0.4, 0.5) is 0 Å². The van der Waals surface area contributed by atoms with Gasteiger partial charge in [-0.15, -0.1) is 0 Å². The lowest BCUT2D eigenvalue weighted by Crippen LogP contribution is -2.29. The van der Waals surface area contributed by atoms with E-state index in [1.165, 1.54) is 5.56 Å². The van der Waals surface area contributed by atoms with Crippen LogP contribution in [0.5, 0.6) is 0 Å². The first-order valence-electron chi connectivity index (χ1n) is 8.04. The van der Waals surface area contributed by atoms with Gasteiger partial charge < -0.3 is 15.4 Å². The highest BCUT2D eigenvalue weighted by Crippen LogP contribution is 2.22. The molecule has 1 aromatic carbocycles. The van der Waals surface area contributed by atoms with Crippen LogP contribution in [0.15, 0.2) is 18.2 Å². The van der Waals surface area contributed by atoms with E-state index in [2.05, 4.69) is 24.1 Å². The van der Waals surface area contributed by atoms with Gasteiger partial charge in [0.25, 0.3) is 5.91 Å². The van der Waals surface area contributed by atoms with Gasteiger partial charge in [0.1, 0.15) is 0 Å². The minimum Gasteiger partial charge on any atom is -0.396 e. The molecule has 0 fully saturated rings. The summed E-state index contributed by atoms with van der Waals surface area (Å²) in [4.78, 5) is 15.7. The Morgan fingerprint density at radius 3 is 2.77 bits per heavy atom.